The monoisotopic (exact) mass is 271 g/mol. The Balaban J connectivity index is 2.22. The minimum absolute atomic E-state index is 0.0353. The largest absolute Gasteiger partial charge is 0.393 e. The van der Waals surface area contributed by atoms with Gasteiger partial charge in [-0.05, 0) is 36.8 Å². The van der Waals surface area contributed by atoms with E-state index in [1.54, 1.807) is 6.07 Å². The van der Waals surface area contributed by atoms with Crippen molar-refractivity contribution in [2.24, 2.45) is 0 Å². The van der Waals surface area contributed by atoms with Crippen molar-refractivity contribution in [1.29, 1.82) is 0 Å². The van der Waals surface area contributed by atoms with Crippen molar-refractivity contribution < 1.29 is 9.72 Å². The molecule has 0 aliphatic rings. The summed E-state index contributed by atoms with van der Waals surface area (Å²) in [5, 5.41) is 13.4. The zero-order valence-electron chi connectivity index (χ0n) is 10.8. The Morgan fingerprint density at radius 2 is 2.00 bits per heavy atom. The molecule has 0 fully saturated rings. The standard InChI is InChI=1S/C14H13N3O3/c1-9-3-2-4-11(7-9)16-14(18)10-5-6-13(17(19)20)12(15)8-10/h2-8H,15H2,1H3,(H,16,18). The van der Waals surface area contributed by atoms with Crippen LogP contribution in [0.4, 0.5) is 17.1 Å². The average Bonchev–Trinajstić information content (AvgIpc) is 2.38. The molecule has 20 heavy (non-hydrogen) atoms. The Labute approximate surface area is 115 Å². The number of carbonyl (C=O) groups is 1. The SMILES string of the molecule is Cc1cccc(NC(=O)c2ccc([N+](=O)[O-])c(N)c2)c1. The number of hydrogen-bond acceptors (Lipinski definition) is 4. The van der Waals surface area contributed by atoms with Crippen LogP contribution in [0.3, 0.4) is 0 Å². The lowest BCUT2D eigenvalue weighted by Gasteiger charge is -2.06. The molecule has 2 rings (SSSR count). The molecule has 0 saturated heterocycles. The number of amides is 1. The van der Waals surface area contributed by atoms with Crippen LogP contribution in [0.15, 0.2) is 42.5 Å². The maximum Gasteiger partial charge on any atom is 0.292 e. The first-order valence-electron chi connectivity index (χ1n) is 5.89. The summed E-state index contributed by atoms with van der Waals surface area (Å²) in [6.07, 6.45) is 0. The molecule has 0 heterocycles. The van der Waals surface area contributed by atoms with E-state index < -0.39 is 4.92 Å². The normalized spacial score (nSPS) is 10.1. The van der Waals surface area contributed by atoms with Gasteiger partial charge in [-0.15, -0.1) is 0 Å². The molecule has 0 spiro atoms. The molecule has 2 aromatic rings. The molecule has 0 aliphatic carbocycles. The van der Waals surface area contributed by atoms with E-state index in [0.717, 1.165) is 5.56 Å². The maximum absolute atomic E-state index is 12.0. The molecule has 6 heteroatoms. The third-order valence-electron chi connectivity index (χ3n) is 2.76. The lowest BCUT2D eigenvalue weighted by Crippen LogP contribution is -2.12. The van der Waals surface area contributed by atoms with Gasteiger partial charge in [0.15, 0.2) is 0 Å². The lowest BCUT2D eigenvalue weighted by atomic mass is 10.1. The zero-order chi connectivity index (χ0) is 14.7. The van der Waals surface area contributed by atoms with Crippen molar-refractivity contribution in [2.75, 3.05) is 11.1 Å². The van der Waals surface area contributed by atoms with Crippen LogP contribution in [0.2, 0.25) is 0 Å². The summed E-state index contributed by atoms with van der Waals surface area (Å²) in [6.45, 7) is 1.92. The van der Waals surface area contributed by atoms with Crippen LogP contribution >= 0.6 is 0 Å². The fourth-order valence-corrected chi connectivity index (χ4v) is 1.79. The topological polar surface area (TPSA) is 98.3 Å². The van der Waals surface area contributed by atoms with Crippen LogP contribution in [0, 0.1) is 17.0 Å². The van der Waals surface area contributed by atoms with Gasteiger partial charge < -0.3 is 11.1 Å². The number of nitrogens with one attached hydrogen (secondary N) is 1. The molecule has 0 aromatic heterocycles. The second-order valence-corrected chi connectivity index (χ2v) is 4.35. The van der Waals surface area contributed by atoms with Crippen LogP contribution in [0.5, 0.6) is 0 Å². The number of nitro groups is 1. The molecule has 0 atom stereocenters. The molecule has 6 nitrogen and oxygen atoms in total. The van der Waals surface area contributed by atoms with E-state index in [0.29, 0.717) is 5.69 Å². The van der Waals surface area contributed by atoms with Gasteiger partial charge in [-0.3, -0.25) is 14.9 Å². The van der Waals surface area contributed by atoms with Crippen molar-refractivity contribution in [3.8, 4) is 0 Å². The van der Waals surface area contributed by atoms with E-state index in [1.165, 1.54) is 18.2 Å². The van der Waals surface area contributed by atoms with Gasteiger partial charge in [0.05, 0.1) is 4.92 Å². The number of benzene rings is 2. The Morgan fingerprint density at radius 3 is 2.60 bits per heavy atom. The molecule has 102 valence electrons. The second-order valence-electron chi connectivity index (χ2n) is 4.35. The summed E-state index contributed by atoms with van der Waals surface area (Å²) in [6, 6.07) is 11.2. The maximum atomic E-state index is 12.0. The van der Waals surface area contributed by atoms with Gasteiger partial charge >= 0.3 is 0 Å². The first-order valence-corrected chi connectivity index (χ1v) is 5.89. The highest BCUT2D eigenvalue weighted by Gasteiger charge is 2.14. The van der Waals surface area contributed by atoms with Crippen LogP contribution < -0.4 is 11.1 Å². The van der Waals surface area contributed by atoms with Crippen molar-refractivity contribution in [2.45, 2.75) is 6.92 Å². The number of nitrogens with zero attached hydrogens (tertiary/aromatic N) is 1. The molecule has 0 bridgehead atoms. The smallest absolute Gasteiger partial charge is 0.292 e. The van der Waals surface area contributed by atoms with E-state index >= 15 is 0 Å². The highest BCUT2D eigenvalue weighted by Crippen LogP contribution is 2.22. The van der Waals surface area contributed by atoms with Gasteiger partial charge in [-0.25, -0.2) is 0 Å². The molecule has 2 aromatic carbocycles. The average molecular weight is 271 g/mol. The molecule has 0 radical (unpaired) electrons. The first kappa shape index (κ1) is 13.5. The summed E-state index contributed by atoms with van der Waals surface area (Å²) >= 11 is 0. The van der Waals surface area contributed by atoms with Gasteiger partial charge in [-0.2, -0.15) is 0 Å². The van der Waals surface area contributed by atoms with Crippen LogP contribution in [0.25, 0.3) is 0 Å². The van der Waals surface area contributed by atoms with Gasteiger partial charge in [-0.1, -0.05) is 12.1 Å². The number of nitrogens with two attached hydrogens (primary N) is 1. The molecule has 0 saturated carbocycles. The minimum Gasteiger partial charge on any atom is -0.393 e. The lowest BCUT2D eigenvalue weighted by molar-refractivity contribution is -0.383. The fraction of sp³-hybridized carbons (Fsp3) is 0.0714. The number of nitro benzene ring substituents is 1. The summed E-state index contributed by atoms with van der Waals surface area (Å²) < 4.78 is 0. The van der Waals surface area contributed by atoms with Crippen molar-refractivity contribution in [3.63, 3.8) is 0 Å². The van der Waals surface area contributed by atoms with Gasteiger partial charge in [0.25, 0.3) is 11.6 Å². The van der Waals surface area contributed by atoms with Crippen LogP contribution in [-0.4, -0.2) is 10.8 Å². The Hall–Kier alpha value is -2.89. The third-order valence-corrected chi connectivity index (χ3v) is 2.76. The molecule has 0 aliphatic heterocycles. The molecule has 0 unspecified atom stereocenters. The number of rotatable bonds is 3. The summed E-state index contributed by atoms with van der Waals surface area (Å²) in [5.74, 6) is -0.364. The number of carbonyl (C=O) groups excluding carboxylic acids is 1. The van der Waals surface area contributed by atoms with Gasteiger partial charge in [0.2, 0.25) is 0 Å². The Bertz CT molecular complexity index is 683. The number of aryl methyl sites for hydroxylation is 1. The van der Waals surface area contributed by atoms with Crippen LogP contribution in [-0.2, 0) is 0 Å². The second kappa shape index (κ2) is 5.40. The van der Waals surface area contributed by atoms with Gasteiger partial charge in [0, 0.05) is 17.3 Å². The first-order chi connectivity index (χ1) is 9.47. The minimum atomic E-state index is -0.586. The highest BCUT2D eigenvalue weighted by atomic mass is 16.6. The molecule has 1 amide bonds. The zero-order valence-corrected chi connectivity index (χ0v) is 10.8. The van der Waals surface area contributed by atoms with Crippen molar-refractivity contribution >= 4 is 23.0 Å². The number of nitrogen functional groups attached to an aromatic ring is 1. The highest BCUT2D eigenvalue weighted by molar-refractivity contribution is 6.05. The number of anilines is 2. The van der Waals surface area contributed by atoms with Crippen molar-refractivity contribution in [1.82, 2.24) is 0 Å². The van der Waals surface area contributed by atoms with E-state index in [4.69, 9.17) is 5.73 Å². The predicted octanol–water partition coefficient (Wildman–Crippen LogP) is 2.74. The summed E-state index contributed by atoms with van der Waals surface area (Å²) in [4.78, 5) is 22.1. The predicted molar refractivity (Wildman–Crippen MR) is 76.6 cm³/mol. The third kappa shape index (κ3) is 2.92. The van der Waals surface area contributed by atoms with E-state index in [-0.39, 0.29) is 22.8 Å². The Morgan fingerprint density at radius 1 is 1.25 bits per heavy atom. The molecular weight excluding hydrogens is 258 g/mol. The van der Waals surface area contributed by atoms with E-state index in [1.807, 2.05) is 25.1 Å². The Kier molecular flexibility index (Phi) is 3.65. The van der Waals surface area contributed by atoms with E-state index in [9.17, 15) is 14.9 Å². The van der Waals surface area contributed by atoms with Crippen LogP contribution in [0.1, 0.15) is 15.9 Å². The summed E-state index contributed by atoms with van der Waals surface area (Å²) in [7, 11) is 0. The quantitative estimate of drug-likeness (QED) is 0.509. The molecular formula is C14H13N3O3. The molecule has 3 N–H and O–H groups in total. The number of hydrogen-bond donors (Lipinski definition) is 2. The fourth-order valence-electron chi connectivity index (χ4n) is 1.79. The summed E-state index contributed by atoms with van der Waals surface area (Å²) in [5.41, 5.74) is 7.26. The van der Waals surface area contributed by atoms with E-state index in [2.05, 4.69) is 5.32 Å². The van der Waals surface area contributed by atoms with Gasteiger partial charge in [0.1, 0.15) is 5.69 Å². The van der Waals surface area contributed by atoms with Crippen molar-refractivity contribution in [3.05, 3.63) is 63.7 Å².